The lowest BCUT2D eigenvalue weighted by atomic mass is 10.1. The van der Waals surface area contributed by atoms with Crippen LogP contribution in [-0.4, -0.2) is 28.6 Å². The van der Waals surface area contributed by atoms with Gasteiger partial charge in [-0.05, 0) is 30.5 Å². The van der Waals surface area contributed by atoms with Gasteiger partial charge < -0.3 is 10.1 Å². The number of hydrogen-bond donors (Lipinski definition) is 1. The molecule has 0 spiro atoms. The summed E-state index contributed by atoms with van der Waals surface area (Å²) in [5.74, 6) is 1.26. The van der Waals surface area contributed by atoms with E-state index in [0.717, 1.165) is 12.8 Å². The van der Waals surface area contributed by atoms with E-state index in [-0.39, 0.29) is 0 Å². The van der Waals surface area contributed by atoms with E-state index in [2.05, 4.69) is 20.3 Å². The van der Waals surface area contributed by atoms with Crippen LogP contribution in [0.4, 0.5) is 5.82 Å². The van der Waals surface area contributed by atoms with Gasteiger partial charge in [0, 0.05) is 19.4 Å². The standard InChI is InChI=1S/C13H16N4O/c1-14-12-9-16-10-13(17-12)18-8-2-3-11-4-6-15-7-5-11/h4-7,9-10H,2-3,8H2,1H3,(H,14,17). The molecule has 0 radical (unpaired) electrons. The largest absolute Gasteiger partial charge is 0.477 e. The normalized spacial score (nSPS) is 10.1. The van der Waals surface area contributed by atoms with Crippen molar-refractivity contribution in [3.63, 3.8) is 0 Å². The highest BCUT2D eigenvalue weighted by Gasteiger charge is 1.98. The van der Waals surface area contributed by atoms with E-state index in [0.29, 0.717) is 18.3 Å². The third-order valence-electron chi connectivity index (χ3n) is 2.48. The van der Waals surface area contributed by atoms with Gasteiger partial charge in [-0.3, -0.25) is 9.97 Å². The molecule has 0 aliphatic carbocycles. The van der Waals surface area contributed by atoms with Crippen molar-refractivity contribution in [2.45, 2.75) is 12.8 Å². The quantitative estimate of drug-likeness (QED) is 0.787. The first-order chi connectivity index (χ1) is 8.88. The summed E-state index contributed by atoms with van der Waals surface area (Å²) in [4.78, 5) is 12.2. The summed E-state index contributed by atoms with van der Waals surface area (Å²) in [6, 6.07) is 4.03. The van der Waals surface area contributed by atoms with E-state index >= 15 is 0 Å². The number of aryl methyl sites for hydroxylation is 1. The summed E-state index contributed by atoms with van der Waals surface area (Å²) in [5, 5.41) is 2.92. The van der Waals surface area contributed by atoms with Gasteiger partial charge in [0.1, 0.15) is 5.82 Å². The molecule has 0 aliphatic rings. The van der Waals surface area contributed by atoms with E-state index in [1.807, 2.05) is 12.1 Å². The van der Waals surface area contributed by atoms with E-state index in [9.17, 15) is 0 Å². The zero-order chi connectivity index (χ0) is 12.6. The van der Waals surface area contributed by atoms with Crippen LogP contribution in [0.5, 0.6) is 5.88 Å². The number of hydrogen-bond acceptors (Lipinski definition) is 5. The van der Waals surface area contributed by atoms with E-state index in [1.54, 1.807) is 31.8 Å². The fourth-order valence-electron chi connectivity index (χ4n) is 1.54. The van der Waals surface area contributed by atoms with Crippen LogP contribution in [0.25, 0.3) is 0 Å². The molecule has 0 amide bonds. The molecule has 0 saturated carbocycles. The van der Waals surface area contributed by atoms with Crippen LogP contribution in [0.1, 0.15) is 12.0 Å². The Labute approximate surface area is 106 Å². The third kappa shape index (κ3) is 3.69. The Bertz CT molecular complexity index is 475. The molecule has 0 aliphatic heterocycles. The predicted octanol–water partition coefficient (Wildman–Crippen LogP) is 1.92. The maximum absolute atomic E-state index is 5.54. The predicted molar refractivity (Wildman–Crippen MR) is 69.6 cm³/mol. The summed E-state index contributed by atoms with van der Waals surface area (Å²) in [7, 11) is 1.80. The Morgan fingerprint density at radius 1 is 1.17 bits per heavy atom. The fraction of sp³-hybridized carbons (Fsp3) is 0.308. The zero-order valence-corrected chi connectivity index (χ0v) is 10.3. The van der Waals surface area contributed by atoms with Crippen molar-refractivity contribution in [1.29, 1.82) is 0 Å². The number of aromatic nitrogens is 3. The van der Waals surface area contributed by atoms with Crippen LogP contribution in [0.3, 0.4) is 0 Å². The van der Waals surface area contributed by atoms with Crippen molar-refractivity contribution < 1.29 is 4.74 Å². The minimum atomic E-state index is 0.552. The minimum absolute atomic E-state index is 0.552. The van der Waals surface area contributed by atoms with Gasteiger partial charge in [-0.1, -0.05) is 0 Å². The first kappa shape index (κ1) is 12.3. The van der Waals surface area contributed by atoms with Crippen LogP contribution < -0.4 is 10.1 Å². The van der Waals surface area contributed by atoms with Crippen LogP contribution in [0.2, 0.25) is 0 Å². The summed E-state index contributed by atoms with van der Waals surface area (Å²) in [6.07, 6.45) is 8.80. The molecular weight excluding hydrogens is 228 g/mol. The van der Waals surface area contributed by atoms with Gasteiger partial charge in [0.25, 0.3) is 0 Å². The van der Waals surface area contributed by atoms with Gasteiger partial charge in [-0.15, -0.1) is 0 Å². The molecule has 0 saturated heterocycles. The van der Waals surface area contributed by atoms with Crippen LogP contribution in [0.15, 0.2) is 36.9 Å². The molecule has 1 N–H and O–H groups in total. The first-order valence-electron chi connectivity index (χ1n) is 5.90. The highest BCUT2D eigenvalue weighted by atomic mass is 16.5. The molecule has 2 aromatic rings. The Kier molecular flexibility index (Phi) is 4.46. The van der Waals surface area contributed by atoms with E-state index < -0.39 is 0 Å². The number of pyridine rings is 1. The van der Waals surface area contributed by atoms with Crippen LogP contribution >= 0.6 is 0 Å². The molecular formula is C13H16N4O. The average Bonchev–Trinajstić information content (AvgIpc) is 2.45. The highest BCUT2D eigenvalue weighted by Crippen LogP contribution is 2.09. The summed E-state index contributed by atoms with van der Waals surface area (Å²) < 4.78 is 5.54. The lowest BCUT2D eigenvalue weighted by molar-refractivity contribution is 0.298. The van der Waals surface area contributed by atoms with Gasteiger partial charge in [0.2, 0.25) is 5.88 Å². The van der Waals surface area contributed by atoms with Gasteiger partial charge in [0.05, 0.1) is 19.0 Å². The number of nitrogens with zero attached hydrogens (tertiary/aromatic N) is 3. The van der Waals surface area contributed by atoms with E-state index in [1.165, 1.54) is 5.56 Å². The SMILES string of the molecule is CNc1cncc(OCCCc2ccncc2)n1. The number of anilines is 1. The summed E-state index contributed by atoms with van der Waals surface area (Å²) in [5.41, 5.74) is 1.27. The van der Waals surface area contributed by atoms with Gasteiger partial charge >= 0.3 is 0 Å². The number of nitrogens with one attached hydrogen (secondary N) is 1. The molecule has 18 heavy (non-hydrogen) atoms. The third-order valence-corrected chi connectivity index (χ3v) is 2.48. The van der Waals surface area contributed by atoms with Crippen molar-refractivity contribution in [3.05, 3.63) is 42.5 Å². The summed E-state index contributed by atoms with van der Waals surface area (Å²) in [6.45, 7) is 0.629. The van der Waals surface area contributed by atoms with Crippen LogP contribution in [-0.2, 0) is 6.42 Å². The van der Waals surface area contributed by atoms with Gasteiger partial charge in [-0.2, -0.15) is 4.98 Å². The Morgan fingerprint density at radius 3 is 2.78 bits per heavy atom. The Morgan fingerprint density at radius 2 is 2.00 bits per heavy atom. The molecule has 2 rings (SSSR count). The molecule has 2 aromatic heterocycles. The topological polar surface area (TPSA) is 59.9 Å². The first-order valence-corrected chi connectivity index (χ1v) is 5.90. The number of ether oxygens (including phenoxy) is 1. The second-order valence-electron chi connectivity index (χ2n) is 3.80. The van der Waals surface area contributed by atoms with Crippen molar-refractivity contribution in [2.75, 3.05) is 19.0 Å². The molecule has 0 bridgehead atoms. The monoisotopic (exact) mass is 244 g/mol. The Balaban J connectivity index is 1.75. The zero-order valence-electron chi connectivity index (χ0n) is 10.3. The molecule has 0 atom stereocenters. The molecule has 0 fully saturated rings. The van der Waals surface area contributed by atoms with Crippen molar-refractivity contribution in [3.8, 4) is 5.88 Å². The minimum Gasteiger partial charge on any atom is -0.477 e. The second kappa shape index (κ2) is 6.54. The maximum atomic E-state index is 5.54. The van der Waals surface area contributed by atoms with Crippen molar-refractivity contribution in [1.82, 2.24) is 15.0 Å². The lowest BCUT2D eigenvalue weighted by Crippen LogP contribution is -2.03. The molecule has 5 nitrogen and oxygen atoms in total. The average molecular weight is 244 g/mol. The molecule has 5 heteroatoms. The lowest BCUT2D eigenvalue weighted by Gasteiger charge is -2.06. The maximum Gasteiger partial charge on any atom is 0.234 e. The molecule has 0 aromatic carbocycles. The summed E-state index contributed by atoms with van der Waals surface area (Å²) >= 11 is 0. The van der Waals surface area contributed by atoms with E-state index in [4.69, 9.17) is 4.74 Å². The second-order valence-corrected chi connectivity index (χ2v) is 3.80. The smallest absolute Gasteiger partial charge is 0.234 e. The van der Waals surface area contributed by atoms with Crippen molar-refractivity contribution >= 4 is 5.82 Å². The highest BCUT2D eigenvalue weighted by molar-refractivity contribution is 5.31. The number of rotatable bonds is 6. The fourth-order valence-corrected chi connectivity index (χ4v) is 1.54. The van der Waals surface area contributed by atoms with Crippen molar-refractivity contribution in [2.24, 2.45) is 0 Å². The molecule has 94 valence electrons. The Hall–Kier alpha value is -2.17. The molecule has 0 unspecified atom stereocenters. The van der Waals surface area contributed by atoms with Gasteiger partial charge in [0.15, 0.2) is 0 Å². The van der Waals surface area contributed by atoms with Gasteiger partial charge in [-0.25, -0.2) is 0 Å². The molecule has 2 heterocycles. The van der Waals surface area contributed by atoms with Crippen LogP contribution in [0, 0.1) is 0 Å².